The predicted octanol–water partition coefficient (Wildman–Crippen LogP) is 3.97. The van der Waals surface area contributed by atoms with Crippen molar-refractivity contribution in [2.75, 3.05) is 24.5 Å². The van der Waals surface area contributed by atoms with Gasteiger partial charge in [-0.3, -0.25) is 4.79 Å². The van der Waals surface area contributed by atoms with Crippen molar-refractivity contribution in [3.63, 3.8) is 0 Å². The summed E-state index contributed by atoms with van der Waals surface area (Å²) in [6.45, 7) is 7.60. The van der Waals surface area contributed by atoms with Gasteiger partial charge >= 0.3 is 0 Å². The van der Waals surface area contributed by atoms with Gasteiger partial charge in [-0.1, -0.05) is 12.1 Å². The summed E-state index contributed by atoms with van der Waals surface area (Å²) in [6.07, 6.45) is 3.21. The van der Waals surface area contributed by atoms with Crippen LogP contribution in [0.15, 0.2) is 48.5 Å². The number of nitriles is 1. The summed E-state index contributed by atoms with van der Waals surface area (Å²) < 4.78 is 0. The van der Waals surface area contributed by atoms with E-state index >= 15 is 0 Å². The zero-order valence-corrected chi connectivity index (χ0v) is 18.1. The van der Waals surface area contributed by atoms with Crippen molar-refractivity contribution < 1.29 is 4.79 Å². The van der Waals surface area contributed by atoms with E-state index in [4.69, 9.17) is 5.73 Å². The van der Waals surface area contributed by atoms with E-state index in [-0.39, 0.29) is 11.8 Å². The average Bonchev–Trinajstić information content (AvgIpc) is 2.76. The van der Waals surface area contributed by atoms with E-state index in [0.29, 0.717) is 11.6 Å². The Morgan fingerprint density at radius 2 is 1.93 bits per heavy atom. The number of benzene rings is 2. The Kier molecular flexibility index (Phi) is 7.62. The SMILES string of the molecule is CC(=O)c1ccc(N(Cc2cccc(C#N)c2)C2CCN(CCC(C)N)CC2)cc1. The number of anilines is 1. The van der Waals surface area contributed by atoms with Crippen molar-refractivity contribution in [3.8, 4) is 6.07 Å². The fourth-order valence-corrected chi connectivity index (χ4v) is 4.10. The lowest BCUT2D eigenvalue weighted by Gasteiger charge is -2.40. The zero-order chi connectivity index (χ0) is 21.5. The Morgan fingerprint density at radius 3 is 2.53 bits per heavy atom. The number of nitrogens with two attached hydrogens (primary N) is 1. The molecule has 0 aromatic heterocycles. The Hall–Kier alpha value is -2.68. The molecule has 158 valence electrons. The predicted molar refractivity (Wildman–Crippen MR) is 122 cm³/mol. The minimum Gasteiger partial charge on any atom is -0.364 e. The Morgan fingerprint density at radius 1 is 1.23 bits per heavy atom. The van der Waals surface area contributed by atoms with E-state index in [9.17, 15) is 10.1 Å². The van der Waals surface area contributed by atoms with Crippen molar-refractivity contribution >= 4 is 11.5 Å². The second kappa shape index (κ2) is 10.4. The van der Waals surface area contributed by atoms with Crippen LogP contribution in [0.4, 0.5) is 5.69 Å². The van der Waals surface area contributed by atoms with Gasteiger partial charge in [-0.05, 0) is 81.6 Å². The Bertz CT molecular complexity index is 877. The smallest absolute Gasteiger partial charge is 0.159 e. The van der Waals surface area contributed by atoms with Gasteiger partial charge in [0, 0.05) is 43.0 Å². The molecule has 2 aromatic carbocycles. The second-order valence-electron chi connectivity index (χ2n) is 8.38. The van der Waals surface area contributed by atoms with E-state index < -0.39 is 0 Å². The molecule has 1 aliphatic rings. The van der Waals surface area contributed by atoms with E-state index in [2.05, 4.69) is 28.9 Å². The monoisotopic (exact) mass is 404 g/mol. The van der Waals surface area contributed by atoms with Crippen molar-refractivity contribution in [2.24, 2.45) is 5.73 Å². The third-order valence-corrected chi connectivity index (χ3v) is 5.91. The average molecular weight is 405 g/mol. The van der Waals surface area contributed by atoms with Crippen LogP contribution in [0.25, 0.3) is 0 Å². The molecule has 5 heteroatoms. The summed E-state index contributed by atoms with van der Waals surface area (Å²) in [5.41, 5.74) is 9.59. The molecule has 5 nitrogen and oxygen atoms in total. The lowest BCUT2D eigenvalue weighted by atomic mass is 10.00. The van der Waals surface area contributed by atoms with Crippen LogP contribution in [0.1, 0.15) is 54.6 Å². The molecule has 1 aliphatic heterocycles. The van der Waals surface area contributed by atoms with Gasteiger partial charge in [0.05, 0.1) is 11.6 Å². The van der Waals surface area contributed by atoms with E-state index in [1.807, 2.05) is 42.5 Å². The van der Waals surface area contributed by atoms with Crippen molar-refractivity contribution in [3.05, 3.63) is 65.2 Å². The van der Waals surface area contributed by atoms with Gasteiger partial charge in [-0.2, -0.15) is 5.26 Å². The first kappa shape index (κ1) is 22.0. The molecular weight excluding hydrogens is 372 g/mol. The Labute approximate surface area is 180 Å². The van der Waals surface area contributed by atoms with Gasteiger partial charge in [0.1, 0.15) is 0 Å². The quantitative estimate of drug-likeness (QED) is 0.674. The maximum absolute atomic E-state index is 11.7. The number of carbonyl (C=O) groups is 1. The molecule has 1 heterocycles. The summed E-state index contributed by atoms with van der Waals surface area (Å²) >= 11 is 0. The summed E-state index contributed by atoms with van der Waals surface area (Å²) in [7, 11) is 0. The number of rotatable bonds is 8. The molecule has 2 N–H and O–H groups in total. The number of hydrogen-bond donors (Lipinski definition) is 1. The first-order valence-electron chi connectivity index (χ1n) is 10.8. The highest BCUT2D eigenvalue weighted by atomic mass is 16.1. The fourth-order valence-electron chi connectivity index (χ4n) is 4.10. The number of carbonyl (C=O) groups excluding carboxylic acids is 1. The van der Waals surface area contributed by atoms with E-state index in [1.54, 1.807) is 6.92 Å². The number of hydrogen-bond acceptors (Lipinski definition) is 5. The zero-order valence-electron chi connectivity index (χ0n) is 18.1. The topological polar surface area (TPSA) is 73.4 Å². The number of ketones is 1. The molecule has 1 fully saturated rings. The van der Waals surface area contributed by atoms with Crippen LogP contribution in [0, 0.1) is 11.3 Å². The van der Waals surface area contributed by atoms with Gasteiger partial charge < -0.3 is 15.5 Å². The number of Topliss-reactive ketones (excluding diaryl/α,β-unsaturated/α-hetero) is 1. The first-order valence-corrected chi connectivity index (χ1v) is 10.8. The minimum absolute atomic E-state index is 0.0808. The molecule has 0 radical (unpaired) electrons. The van der Waals surface area contributed by atoms with Gasteiger partial charge in [0.2, 0.25) is 0 Å². The van der Waals surface area contributed by atoms with Gasteiger partial charge in [-0.25, -0.2) is 0 Å². The van der Waals surface area contributed by atoms with E-state index in [0.717, 1.165) is 62.3 Å². The maximum Gasteiger partial charge on any atom is 0.159 e. The van der Waals surface area contributed by atoms with Crippen LogP contribution >= 0.6 is 0 Å². The van der Waals surface area contributed by atoms with Gasteiger partial charge in [-0.15, -0.1) is 0 Å². The van der Waals surface area contributed by atoms with Gasteiger partial charge in [0.15, 0.2) is 5.78 Å². The molecule has 1 unspecified atom stereocenters. The molecule has 3 rings (SSSR count). The lowest BCUT2D eigenvalue weighted by molar-refractivity contribution is 0.101. The third kappa shape index (κ3) is 5.91. The highest BCUT2D eigenvalue weighted by Crippen LogP contribution is 2.27. The molecule has 0 spiro atoms. The minimum atomic E-state index is 0.0808. The molecule has 0 aliphatic carbocycles. The number of likely N-dealkylation sites (tertiary alicyclic amines) is 1. The highest BCUT2D eigenvalue weighted by Gasteiger charge is 2.25. The van der Waals surface area contributed by atoms with Crippen LogP contribution in [0.2, 0.25) is 0 Å². The molecule has 0 saturated carbocycles. The van der Waals surface area contributed by atoms with Crippen LogP contribution in [-0.4, -0.2) is 42.4 Å². The molecule has 30 heavy (non-hydrogen) atoms. The molecule has 0 bridgehead atoms. The Balaban J connectivity index is 1.77. The van der Waals surface area contributed by atoms with Crippen LogP contribution < -0.4 is 10.6 Å². The van der Waals surface area contributed by atoms with Crippen LogP contribution in [0.5, 0.6) is 0 Å². The lowest BCUT2D eigenvalue weighted by Crippen LogP contribution is -2.45. The first-order chi connectivity index (χ1) is 14.5. The van der Waals surface area contributed by atoms with E-state index in [1.165, 1.54) is 0 Å². The van der Waals surface area contributed by atoms with Gasteiger partial charge in [0.25, 0.3) is 0 Å². The standard InChI is InChI=1S/C25H32N4O/c1-19(27)10-13-28-14-11-25(12-15-28)29(18-22-5-3-4-21(16-22)17-26)24-8-6-23(7-9-24)20(2)30/h3-9,16,19,25H,10-15,18,27H2,1-2H3. The molecule has 1 saturated heterocycles. The highest BCUT2D eigenvalue weighted by molar-refractivity contribution is 5.94. The molecule has 2 aromatic rings. The van der Waals surface area contributed by atoms with Crippen molar-refractivity contribution in [2.45, 2.75) is 51.7 Å². The van der Waals surface area contributed by atoms with Crippen molar-refractivity contribution in [1.29, 1.82) is 5.26 Å². The fraction of sp³-hybridized carbons (Fsp3) is 0.440. The van der Waals surface area contributed by atoms with Crippen LogP contribution in [0.3, 0.4) is 0 Å². The number of piperidine rings is 1. The summed E-state index contributed by atoms with van der Waals surface area (Å²) in [4.78, 5) is 16.6. The third-order valence-electron chi connectivity index (χ3n) is 5.91. The molecule has 1 atom stereocenters. The second-order valence-corrected chi connectivity index (χ2v) is 8.38. The largest absolute Gasteiger partial charge is 0.364 e. The normalized spacial score (nSPS) is 16.1. The maximum atomic E-state index is 11.7. The molecule has 0 amide bonds. The number of nitrogens with zero attached hydrogens (tertiary/aromatic N) is 3. The summed E-state index contributed by atoms with van der Waals surface area (Å²) in [5, 5.41) is 9.25. The molecular formula is C25H32N4O. The summed E-state index contributed by atoms with van der Waals surface area (Å²) in [5.74, 6) is 0.0808. The summed E-state index contributed by atoms with van der Waals surface area (Å²) in [6, 6.07) is 18.7. The van der Waals surface area contributed by atoms with Crippen molar-refractivity contribution in [1.82, 2.24) is 4.90 Å². The van der Waals surface area contributed by atoms with Crippen LogP contribution in [-0.2, 0) is 6.54 Å².